The Morgan fingerprint density at radius 1 is 1.33 bits per heavy atom. The molecule has 0 atom stereocenters. The zero-order valence-corrected chi connectivity index (χ0v) is 9.20. The molecule has 0 saturated carbocycles. The van der Waals surface area contributed by atoms with Crippen molar-refractivity contribution in [1.82, 2.24) is 0 Å². The summed E-state index contributed by atoms with van der Waals surface area (Å²) in [5.74, 6) is 0.373. The van der Waals surface area contributed by atoms with E-state index < -0.39 is 0 Å². The van der Waals surface area contributed by atoms with Crippen LogP contribution in [0, 0.1) is 0 Å². The van der Waals surface area contributed by atoms with Crippen molar-refractivity contribution in [2.75, 3.05) is 0 Å². The summed E-state index contributed by atoms with van der Waals surface area (Å²) in [6.07, 6.45) is 5.37. The van der Waals surface area contributed by atoms with Crippen molar-refractivity contribution < 1.29 is 9.90 Å². The van der Waals surface area contributed by atoms with E-state index >= 15 is 0 Å². The van der Waals surface area contributed by atoms with E-state index in [2.05, 4.69) is 6.92 Å². The van der Waals surface area contributed by atoms with E-state index in [-0.39, 0.29) is 0 Å². The normalized spacial score (nSPS) is 10.2. The Hall–Kier alpha value is -1.31. The first-order valence-electron chi connectivity index (χ1n) is 5.52. The van der Waals surface area contributed by atoms with Crippen LogP contribution in [0.4, 0.5) is 0 Å². The molecule has 0 saturated heterocycles. The lowest BCUT2D eigenvalue weighted by atomic mass is 10.0. The summed E-state index contributed by atoms with van der Waals surface area (Å²) in [6, 6.07) is 5.62. The Labute approximate surface area is 90.9 Å². The molecule has 1 aromatic rings. The van der Waals surface area contributed by atoms with Crippen LogP contribution >= 0.6 is 0 Å². The second-order valence-corrected chi connectivity index (χ2v) is 3.77. The van der Waals surface area contributed by atoms with E-state index in [9.17, 15) is 9.90 Å². The van der Waals surface area contributed by atoms with Gasteiger partial charge in [-0.25, -0.2) is 0 Å². The molecule has 82 valence electrons. The first-order valence-corrected chi connectivity index (χ1v) is 5.52. The Balaban J connectivity index is 2.70. The van der Waals surface area contributed by atoms with Crippen LogP contribution in [0.5, 0.6) is 5.75 Å². The van der Waals surface area contributed by atoms with Gasteiger partial charge in [0, 0.05) is 6.42 Å². The zero-order valence-electron chi connectivity index (χ0n) is 9.20. The summed E-state index contributed by atoms with van der Waals surface area (Å²) >= 11 is 0. The van der Waals surface area contributed by atoms with Crippen LogP contribution in [0.15, 0.2) is 18.2 Å². The molecule has 1 rings (SSSR count). The molecular formula is C13H18O2. The number of hydrogen-bond donors (Lipinski definition) is 1. The van der Waals surface area contributed by atoms with Crippen LogP contribution in [-0.4, -0.2) is 11.4 Å². The van der Waals surface area contributed by atoms with E-state index in [0.29, 0.717) is 12.2 Å². The van der Waals surface area contributed by atoms with Gasteiger partial charge in [0.2, 0.25) is 0 Å². The minimum Gasteiger partial charge on any atom is -0.508 e. The maximum Gasteiger partial charge on any atom is 0.120 e. The summed E-state index contributed by atoms with van der Waals surface area (Å²) < 4.78 is 0. The highest BCUT2D eigenvalue weighted by Crippen LogP contribution is 2.21. The maximum atomic E-state index is 10.3. The molecule has 0 unspecified atom stereocenters. The molecule has 0 fully saturated rings. The average molecular weight is 206 g/mol. The van der Waals surface area contributed by atoms with Crippen molar-refractivity contribution in [2.24, 2.45) is 0 Å². The molecule has 0 bridgehead atoms. The highest BCUT2D eigenvalue weighted by atomic mass is 16.3. The van der Waals surface area contributed by atoms with Crippen molar-refractivity contribution in [2.45, 2.75) is 39.0 Å². The van der Waals surface area contributed by atoms with Gasteiger partial charge in [-0.05, 0) is 36.5 Å². The van der Waals surface area contributed by atoms with Gasteiger partial charge in [0.05, 0.1) is 0 Å². The van der Waals surface area contributed by atoms with Gasteiger partial charge >= 0.3 is 0 Å². The molecule has 0 aliphatic rings. The molecule has 15 heavy (non-hydrogen) atoms. The predicted molar refractivity (Wildman–Crippen MR) is 61.1 cm³/mol. The largest absolute Gasteiger partial charge is 0.508 e. The Bertz CT molecular complexity index is 318. The van der Waals surface area contributed by atoms with Gasteiger partial charge < -0.3 is 9.90 Å². The lowest BCUT2D eigenvalue weighted by molar-refractivity contribution is -0.107. The summed E-state index contributed by atoms with van der Waals surface area (Å²) in [7, 11) is 0. The Morgan fingerprint density at radius 3 is 2.80 bits per heavy atom. The van der Waals surface area contributed by atoms with Crippen molar-refractivity contribution in [1.29, 1.82) is 0 Å². The molecule has 2 heteroatoms. The van der Waals surface area contributed by atoms with E-state index in [1.165, 1.54) is 0 Å². The Morgan fingerprint density at radius 2 is 2.13 bits per heavy atom. The fourth-order valence-electron chi connectivity index (χ4n) is 1.59. The van der Waals surface area contributed by atoms with Crippen LogP contribution in [0.25, 0.3) is 0 Å². The van der Waals surface area contributed by atoms with Crippen molar-refractivity contribution in [3.63, 3.8) is 0 Å². The SMILES string of the molecule is CCCCc1cc(CCC=O)ccc1O. The topological polar surface area (TPSA) is 37.3 Å². The van der Waals surface area contributed by atoms with Crippen LogP contribution in [0.1, 0.15) is 37.3 Å². The maximum absolute atomic E-state index is 10.3. The number of rotatable bonds is 6. The standard InChI is InChI=1S/C13H18O2/c1-2-3-6-12-10-11(5-4-9-14)7-8-13(12)15/h7-10,15H,2-6H2,1H3. The zero-order chi connectivity index (χ0) is 11.1. The molecule has 0 aliphatic carbocycles. The summed E-state index contributed by atoms with van der Waals surface area (Å²) in [5, 5.41) is 9.62. The lowest BCUT2D eigenvalue weighted by Crippen LogP contribution is -1.91. The summed E-state index contributed by atoms with van der Waals surface area (Å²) in [5.41, 5.74) is 2.13. The summed E-state index contributed by atoms with van der Waals surface area (Å²) in [6.45, 7) is 2.13. The molecule has 0 aliphatic heterocycles. The number of hydrogen-bond acceptors (Lipinski definition) is 2. The summed E-state index contributed by atoms with van der Waals surface area (Å²) in [4.78, 5) is 10.3. The molecule has 0 aromatic heterocycles. The molecule has 1 aromatic carbocycles. The number of phenols is 1. The Kier molecular flexibility index (Phi) is 4.88. The molecule has 1 N–H and O–H groups in total. The van der Waals surface area contributed by atoms with Gasteiger partial charge in [0.15, 0.2) is 0 Å². The minimum atomic E-state index is 0.373. The number of benzene rings is 1. The smallest absolute Gasteiger partial charge is 0.120 e. The van der Waals surface area contributed by atoms with Gasteiger partial charge in [-0.15, -0.1) is 0 Å². The third-order valence-electron chi connectivity index (χ3n) is 2.49. The van der Waals surface area contributed by atoms with Crippen molar-refractivity contribution in [3.05, 3.63) is 29.3 Å². The number of carbonyl (C=O) groups excluding carboxylic acids is 1. The number of carbonyl (C=O) groups is 1. The van der Waals surface area contributed by atoms with E-state index in [0.717, 1.165) is 43.1 Å². The lowest BCUT2D eigenvalue weighted by Gasteiger charge is -2.06. The third kappa shape index (κ3) is 3.74. The quantitative estimate of drug-likeness (QED) is 0.727. The predicted octanol–water partition coefficient (Wildman–Crippen LogP) is 2.87. The molecule has 0 radical (unpaired) electrons. The molecule has 0 amide bonds. The average Bonchev–Trinajstić information content (AvgIpc) is 2.26. The second-order valence-electron chi connectivity index (χ2n) is 3.77. The van der Waals surface area contributed by atoms with Crippen molar-refractivity contribution in [3.8, 4) is 5.75 Å². The minimum absolute atomic E-state index is 0.373. The highest BCUT2D eigenvalue weighted by Gasteiger charge is 2.02. The van der Waals surface area contributed by atoms with Crippen LogP contribution in [-0.2, 0) is 17.6 Å². The highest BCUT2D eigenvalue weighted by molar-refractivity contribution is 5.50. The van der Waals surface area contributed by atoms with Gasteiger partial charge in [0.25, 0.3) is 0 Å². The van der Waals surface area contributed by atoms with Gasteiger partial charge in [-0.1, -0.05) is 25.5 Å². The monoisotopic (exact) mass is 206 g/mol. The van der Waals surface area contributed by atoms with Gasteiger partial charge in [0.1, 0.15) is 12.0 Å². The fourth-order valence-corrected chi connectivity index (χ4v) is 1.59. The third-order valence-corrected chi connectivity index (χ3v) is 2.49. The first kappa shape index (κ1) is 11.8. The number of aldehydes is 1. The molecule has 0 heterocycles. The fraction of sp³-hybridized carbons (Fsp3) is 0.462. The van der Waals surface area contributed by atoms with Crippen LogP contribution in [0.3, 0.4) is 0 Å². The van der Waals surface area contributed by atoms with Crippen molar-refractivity contribution >= 4 is 6.29 Å². The van der Waals surface area contributed by atoms with E-state index in [4.69, 9.17) is 0 Å². The number of aryl methyl sites for hydroxylation is 2. The number of phenolic OH excluding ortho intramolecular Hbond substituents is 1. The number of aromatic hydroxyl groups is 1. The molecular weight excluding hydrogens is 188 g/mol. The number of unbranched alkanes of at least 4 members (excludes halogenated alkanes) is 1. The molecule has 0 spiro atoms. The van der Waals surface area contributed by atoms with E-state index in [1.54, 1.807) is 6.07 Å². The van der Waals surface area contributed by atoms with Crippen LogP contribution in [0.2, 0.25) is 0 Å². The first-order chi connectivity index (χ1) is 7.27. The van der Waals surface area contributed by atoms with Gasteiger partial charge in [-0.3, -0.25) is 0 Å². The van der Waals surface area contributed by atoms with Crippen LogP contribution < -0.4 is 0 Å². The molecule has 2 nitrogen and oxygen atoms in total. The second kappa shape index (κ2) is 6.23. The van der Waals surface area contributed by atoms with E-state index in [1.807, 2.05) is 12.1 Å². The van der Waals surface area contributed by atoms with Gasteiger partial charge in [-0.2, -0.15) is 0 Å².